The van der Waals surface area contributed by atoms with Gasteiger partial charge in [-0.3, -0.25) is 9.69 Å². The van der Waals surface area contributed by atoms with Crippen LogP contribution in [0.5, 0.6) is 0 Å². The molecule has 0 radical (unpaired) electrons. The Bertz CT molecular complexity index is 821. The van der Waals surface area contributed by atoms with Gasteiger partial charge in [-0.2, -0.15) is 0 Å². The Labute approximate surface area is 165 Å². The molecule has 150 valence electrons. The second-order valence-corrected chi connectivity index (χ2v) is 8.04. The molecule has 0 unspecified atom stereocenters. The molecular formula is C22H28N2O4. The van der Waals surface area contributed by atoms with Crippen LogP contribution in [0.25, 0.3) is 0 Å². The van der Waals surface area contributed by atoms with Gasteiger partial charge in [0.1, 0.15) is 0 Å². The molecule has 2 fully saturated rings. The molecule has 4 rings (SSSR count). The number of anilines is 1. The fraction of sp³-hybridized carbons (Fsp3) is 0.545. The van der Waals surface area contributed by atoms with Crippen molar-refractivity contribution in [1.82, 2.24) is 4.90 Å². The molecule has 1 N–H and O–H groups in total. The van der Waals surface area contributed by atoms with Crippen LogP contribution in [0.15, 0.2) is 36.1 Å². The molecule has 0 aliphatic carbocycles. The molecular weight excluding hydrogens is 356 g/mol. The van der Waals surface area contributed by atoms with E-state index in [1.165, 1.54) is 13.4 Å². The van der Waals surface area contributed by atoms with Crippen molar-refractivity contribution < 1.29 is 19.1 Å². The van der Waals surface area contributed by atoms with Gasteiger partial charge in [-0.1, -0.05) is 31.5 Å². The summed E-state index contributed by atoms with van der Waals surface area (Å²) in [5, 5.41) is 3.10. The number of nitrogens with one attached hydrogen (secondary N) is 1. The maximum Gasteiger partial charge on any atom is 0.337 e. The summed E-state index contributed by atoms with van der Waals surface area (Å²) in [6.45, 7) is 3.93. The highest BCUT2D eigenvalue weighted by molar-refractivity contribution is 6.07. The van der Waals surface area contributed by atoms with Crippen molar-refractivity contribution in [3.05, 3.63) is 41.7 Å². The van der Waals surface area contributed by atoms with Crippen molar-refractivity contribution in [3.8, 4) is 0 Å². The number of para-hydroxylation sites is 1. The van der Waals surface area contributed by atoms with Crippen LogP contribution >= 0.6 is 0 Å². The zero-order chi connectivity index (χ0) is 19.9. The monoisotopic (exact) mass is 384 g/mol. The van der Waals surface area contributed by atoms with Gasteiger partial charge in [-0.15, -0.1) is 0 Å². The van der Waals surface area contributed by atoms with Crippen molar-refractivity contribution in [2.75, 3.05) is 32.6 Å². The van der Waals surface area contributed by atoms with Crippen LogP contribution in [-0.2, 0) is 24.5 Å². The Balaban J connectivity index is 1.74. The number of fused-ring (bicyclic) bond motifs is 4. The molecule has 28 heavy (non-hydrogen) atoms. The number of rotatable bonds is 4. The van der Waals surface area contributed by atoms with Crippen LogP contribution in [0.2, 0.25) is 0 Å². The number of benzene rings is 1. The highest BCUT2D eigenvalue weighted by Gasteiger charge is 2.60. The summed E-state index contributed by atoms with van der Waals surface area (Å²) in [6, 6.07) is 8.07. The molecule has 1 aromatic carbocycles. The number of ether oxygens (including phenoxy) is 2. The van der Waals surface area contributed by atoms with Crippen LogP contribution in [-0.4, -0.2) is 50.1 Å². The van der Waals surface area contributed by atoms with Gasteiger partial charge in [0, 0.05) is 18.3 Å². The van der Waals surface area contributed by atoms with Gasteiger partial charge in [-0.05, 0) is 42.9 Å². The molecule has 0 saturated carbocycles. The second-order valence-electron chi connectivity index (χ2n) is 8.04. The first-order valence-corrected chi connectivity index (χ1v) is 10.0. The SMILES string of the molecule is CC[C@H]1CN2CC[C@@]3(C(=O)Nc4ccccc43)[C@@H]2C[C@@H]1C(=COC)C(=O)OC. The zero-order valence-corrected chi connectivity index (χ0v) is 16.7. The predicted molar refractivity (Wildman–Crippen MR) is 106 cm³/mol. The van der Waals surface area contributed by atoms with Gasteiger partial charge in [0.25, 0.3) is 0 Å². The number of nitrogens with zero attached hydrogens (tertiary/aromatic N) is 1. The molecule has 3 aliphatic heterocycles. The average Bonchev–Trinajstić information content (AvgIpc) is 3.23. The van der Waals surface area contributed by atoms with Gasteiger partial charge in [0.2, 0.25) is 5.91 Å². The van der Waals surface area contributed by atoms with Gasteiger partial charge < -0.3 is 14.8 Å². The zero-order valence-electron chi connectivity index (χ0n) is 16.7. The van der Waals surface area contributed by atoms with Crippen molar-refractivity contribution in [3.63, 3.8) is 0 Å². The predicted octanol–water partition coefficient (Wildman–Crippen LogP) is 2.70. The number of carbonyl (C=O) groups is 2. The first-order chi connectivity index (χ1) is 13.6. The van der Waals surface area contributed by atoms with Crippen molar-refractivity contribution in [2.24, 2.45) is 11.8 Å². The van der Waals surface area contributed by atoms with Gasteiger partial charge in [-0.25, -0.2) is 4.79 Å². The smallest absolute Gasteiger partial charge is 0.337 e. The number of hydrogen-bond donors (Lipinski definition) is 1. The third kappa shape index (κ3) is 2.65. The van der Waals surface area contributed by atoms with E-state index in [2.05, 4.69) is 23.2 Å². The minimum atomic E-state index is -0.540. The lowest BCUT2D eigenvalue weighted by Crippen LogP contribution is -2.53. The topological polar surface area (TPSA) is 67.9 Å². The molecule has 0 aromatic heterocycles. The summed E-state index contributed by atoms with van der Waals surface area (Å²) in [5.74, 6) is 0.0769. The molecule has 1 amide bonds. The fourth-order valence-electron chi connectivity index (χ4n) is 5.63. The third-order valence-corrected chi connectivity index (χ3v) is 6.97. The molecule has 2 saturated heterocycles. The Hall–Kier alpha value is -2.34. The lowest BCUT2D eigenvalue weighted by atomic mass is 9.67. The van der Waals surface area contributed by atoms with E-state index >= 15 is 0 Å². The number of piperidine rings is 1. The minimum Gasteiger partial charge on any atom is -0.504 e. The molecule has 4 atom stereocenters. The van der Waals surface area contributed by atoms with E-state index in [1.54, 1.807) is 7.11 Å². The molecule has 6 heteroatoms. The first-order valence-electron chi connectivity index (χ1n) is 10.0. The lowest BCUT2D eigenvalue weighted by molar-refractivity contribution is -0.137. The van der Waals surface area contributed by atoms with Crippen LogP contribution < -0.4 is 5.32 Å². The Kier molecular flexibility index (Phi) is 4.91. The number of esters is 1. The lowest BCUT2D eigenvalue weighted by Gasteiger charge is -2.45. The van der Waals surface area contributed by atoms with Crippen LogP contribution in [0.3, 0.4) is 0 Å². The van der Waals surface area contributed by atoms with Gasteiger partial charge >= 0.3 is 5.97 Å². The maximum absolute atomic E-state index is 13.2. The van der Waals surface area contributed by atoms with Crippen molar-refractivity contribution in [2.45, 2.75) is 37.6 Å². The Morgan fingerprint density at radius 1 is 1.36 bits per heavy atom. The highest BCUT2D eigenvalue weighted by Crippen LogP contribution is 2.53. The summed E-state index contributed by atoms with van der Waals surface area (Å²) < 4.78 is 10.3. The Morgan fingerprint density at radius 2 is 2.14 bits per heavy atom. The quantitative estimate of drug-likeness (QED) is 0.491. The largest absolute Gasteiger partial charge is 0.504 e. The number of methoxy groups -OCH3 is 2. The highest BCUT2D eigenvalue weighted by atomic mass is 16.5. The third-order valence-electron chi connectivity index (χ3n) is 6.97. The standard InChI is InChI=1S/C22H28N2O4/c1-4-14-12-24-10-9-22(17-7-5-6-8-18(17)23-21(22)26)19(24)11-15(14)16(13-27-2)20(25)28-3/h5-8,13-15,19H,4,9-12H2,1-3H3,(H,23,26)/t14-,15-,19-,22-/m0/s1. The summed E-state index contributed by atoms with van der Waals surface area (Å²) in [4.78, 5) is 28.1. The summed E-state index contributed by atoms with van der Waals surface area (Å²) in [6.07, 6.45) is 4.04. The van der Waals surface area contributed by atoms with Crippen molar-refractivity contribution in [1.29, 1.82) is 0 Å². The van der Waals surface area contributed by atoms with E-state index in [9.17, 15) is 9.59 Å². The number of amides is 1. The van der Waals surface area contributed by atoms with E-state index in [0.29, 0.717) is 11.5 Å². The number of carbonyl (C=O) groups excluding carboxylic acids is 2. The summed E-state index contributed by atoms with van der Waals surface area (Å²) in [7, 11) is 2.95. The van der Waals surface area contributed by atoms with E-state index < -0.39 is 5.41 Å². The van der Waals surface area contributed by atoms with E-state index in [4.69, 9.17) is 9.47 Å². The molecule has 3 aliphatic rings. The second kappa shape index (κ2) is 7.24. The fourth-order valence-corrected chi connectivity index (χ4v) is 5.63. The molecule has 1 aromatic rings. The van der Waals surface area contributed by atoms with E-state index in [-0.39, 0.29) is 23.8 Å². The van der Waals surface area contributed by atoms with Gasteiger partial charge in [0.05, 0.1) is 31.5 Å². The molecule has 1 spiro atoms. The first kappa shape index (κ1) is 19.0. The average molecular weight is 384 g/mol. The number of hydrogen-bond acceptors (Lipinski definition) is 5. The van der Waals surface area contributed by atoms with E-state index in [1.807, 2.05) is 18.2 Å². The minimum absolute atomic E-state index is 0.00851. The maximum atomic E-state index is 13.2. The van der Waals surface area contributed by atoms with Crippen LogP contribution in [0.1, 0.15) is 31.7 Å². The van der Waals surface area contributed by atoms with Crippen LogP contribution in [0, 0.1) is 11.8 Å². The summed E-state index contributed by atoms with van der Waals surface area (Å²) >= 11 is 0. The molecule has 0 bridgehead atoms. The molecule has 6 nitrogen and oxygen atoms in total. The van der Waals surface area contributed by atoms with Gasteiger partial charge in [0.15, 0.2) is 0 Å². The van der Waals surface area contributed by atoms with Crippen molar-refractivity contribution >= 4 is 17.6 Å². The molecule has 3 heterocycles. The Morgan fingerprint density at radius 3 is 2.86 bits per heavy atom. The normalized spacial score (nSPS) is 32.0. The summed E-state index contributed by atoms with van der Waals surface area (Å²) in [5.41, 5.74) is 2.05. The van der Waals surface area contributed by atoms with E-state index in [0.717, 1.165) is 43.6 Å². The van der Waals surface area contributed by atoms with Crippen LogP contribution in [0.4, 0.5) is 5.69 Å².